The Labute approximate surface area is 110 Å². The number of nitrogen functional groups attached to an aromatic ring is 1. The molecule has 0 unspecified atom stereocenters. The second-order valence-corrected chi connectivity index (χ2v) is 5.46. The number of hydrogen-bond acceptors (Lipinski definition) is 2. The molecule has 0 aliphatic carbocycles. The van der Waals surface area contributed by atoms with E-state index in [4.69, 9.17) is 5.73 Å². The zero-order valence-corrected chi connectivity index (χ0v) is 11.6. The van der Waals surface area contributed by atoms with Crippen LogP contribution >= 0.6 is 15.9 Å². The van der Waals surface area contributed by atoms with E-state index in [1.54, 1.807) is 4.68 Å². The second-order valence-electron chi connectivity index (χ2n) is 4.55. The first-order valence-corrected chi connectivity index (χ1v) is 6.46. The van der Waals surface area contributed by atoms with E-state index in [2.05, 4.69) is 34.9 Å². The van der Waals surface area contributed by atoms with Gasteiger partial charge in [0, 0.05) is 10.5 Å². The maximum atomic E-state index is 5.98. The van der Waals surface area contributed by atoms with Crippen molar-refractivity contribution in [3.8, 4) is 5.69 Å². The molecule has 2 aromatic rings. The molecule has 17 heavy (non-hydrogen) atoms. The third-order valence-electron chi connectivity index (χ3n) is 2.48. The van der Waals surface area contributed by atoms with E-state index in [0.29, 0.717) is 11.7 Å². The Balaban J connectivity index is 2.32. The normalized spacial score (nSPS) is 11.1. The molecule has 4 heteroatoms. The predicted molar refractivity (Wildman–Crippen MR) is 74.2 cm³/mol. The van der Waals surface area contributed by atoms with Gasteiger partial charge in [0.25, 0.3) is 0 Å². The molecule has 0 spiro atoms. The quantitative estimate of drug-likeness (QED) is 0.942. The van der Waals surface area contributed by atoms with Gasteiger partial charge in [0.05, 0.1) is 11.4 Å². The average molecular weight is 294 g/mol. The molecule has 0 bridgehead atoms. The molecule has 0 saturated carbocycles. The molecule has 2 rings (SSSR count). The Kier molecular flexibility index (Phi) is 3.52. The number of nitrogens with zero attached hydrogens (tertiary/aromatic N) is 2. The van der Waals surface area contributed by atoms with Gasteiger partial charge in [-0.15, -0.1) is 0 Å². The van der Waals surface area contributed by atoms with Crippen molar-refractivity contribution in [1.29, 1.82) is 0 Å². The van der Waals surface area contributed by atoms with Crippen LogP contribution in [0.4, 0.5) is 5.82 Å². The SMILES string of the molecule is CC(C)Cc1cc(N)n(-c2ccc(Br)cc2)n1. The van der Waals surface area contributed by atoms with Crippen molar-refractivity contribution in [1.82, 2.24) is 9.78 Å². The summed E-state index contributed by atoms with van der Waals surface area (Å²) in [5, 5.41) is 4.53. The average Bonchev–Trinajstić information content (AvgIpc) is 2.59. The lowest BCUT2D eigenvalue weighted by Gasteiger charge is -2.04. The molecule has 2 N–H and O–H groups in total. The molecule has 1 heterocycles. The first-order chi connectivity index (χ1) is 8.06. The highest BCUT2D eigenvalue weighted by Crippen LogP contribution is 2.18. The molecular weight excluding hydrogens is 278 g/mol. The number of hydrogen-bond donors (Lipinski definition) is 1. The van der Waals surface area contributed by atoms with Crippen LogP contribution in [0.1, 0.15) is 19.5 Å². The Hall–Kier alpha value is -1.29. The molecular formula is C13H16BrN3. The van der Waals surface area contributed by atoms with Gasteiger partial charge in [-0.05, 0) is 36.6 Å². The lowest BCUT2D eigenvalue weighted by Crippen LogP contribution is -2.02. The molecule has 0 fully saturated rings. The Bertz CT molecular complexity index is 500. The molecule has 0 aliphatic rings. The predicted octanol–water partition coefficient (Wildman–Crippen LogP) is 3.42. The first kappa shape index (κ1) is 12.2. The first-order valence-electron chi connectivity index (χ1n) is 5.66. The summed E-state index contributed by atoms with van der Waals surface area (Å²) >= 11 is 3.41. The Morgan fingerprint density at radius 2 is 1.94 bits per heavy atom. The minimum absolute atomic E-state index is 0.586. The van der Waals surface area contributed by atoms with Crippen LogP contribution in [-0.2, 0) is 6.42 Å². The van der Waals surface area contributed by atoms with Crippen molar-refractivity contribution in [3.05, 3.63) is 40.5 Å². The molecule has 0 aliphatic heterocycles. The van der Waals surface area contributed by atoms with E-state index in [9.17, 15) is 0 Å². The molecule has 3 nitrogen and oxygen atoms in total. The van der Waals surface area contributed by atoms with Gasteiger partial charge in [-0.2, -0.15) is 5.10 Å². The summed E-state index contributed by atoms with van der Waals surface area (Å²) in [6, 6.07) is 9.90. The van der Waals surface area contributed by atoms with Gasteiger partial charge in [0.2, 0.25) is 0 Å². The number of nitrogens with two attached hydrogens (primary N) is 1. The fourth-order valence-electron chi connectivity index (χ4n) is 1.75. The molecule has 0 radical (unpaired) electrons. The lowest BCUT2D eigenvalue weighted by atomic mass is 10.1. The second kappa shape index (κ2) is 4.92. The largest absolute Gasteiger partial charge is 0.384 e. The van der Waals surface area contributed by atoms with Gasteiger partial charge in [0.15, 0.2) is 0 Å². The van der Waals surface area contributed by atoms with E-state index in [1.807, 2.05) is 30.3 Å². The minimum Gasteiger partial charge on any atom is -0.384 e. The van der Waals surface area contributed by atoms with Crippen LogP contribution in [-0.4, -0.2) is 9.78 Å². The van der Waals surface area contributed by atoms with Crippen molar-refractivity contribution in [3.63, 3.8) is 0 Å². The van der Waals surface area contributed by atoms with Crippen molar-refractivity contribution in [2.45, 2.75) is 20.3 Å². The summed E-state index contributed by atoms with van der Waals surface area (Å²) in [7, 11) is 0. The highest BCUT2D eigenvalue weighted by atomic mass is 79.9. The van der Waals surface area contributed by atoms with Crippen LogP contribution in [0.5, 0.6) is 0 Å². The molecule has 90 valence electrons. The molecule has 0 atom stereocenters. The molecule has 0 amide bonds. The lowest BCUT2D eigenvalue weighted by molar-refractivity contribution is 0.628. The summed E-state index contributed by atoms with van der Waals surface area (Å²) in [4.78, 5) is 0. The summed E-state index contributed by atoms with van der Waals surface area (Å²) < 4.78 is 2.83. The number of rotatable bonds is 3. The minimum atomic E-state index is 0.586. The van der Waals surface area contributed by atoms with Crippen molar-refractivity contribution >= 4 is 21.7 Å². The highest BCUT2D eigenvalue weighted by Gasteiger charge is 2.08. The summed E-state index contributed by atoms with van der Waals surface area (Å²) in [5.41, 5.74) is 8.00. The van der Waals surface area contributed by atoms with Crippen LogP contribution < -0.4 is 5.73 Å². The van der Waals surface area contributed by atoms with Crippen molar-refractivity contribution in [2.75, 3.05) is 5.73 Å². The van der Waals surface area contributed by atoms with Crippen LogP contribution in [0.3, 0.4) is 0 Å². The van der Waals surface area contributed by atoms with Gasteiger partial charge in [-0.3, -0.25) is 0 Å². The van der Waals surface area contributed by atoms with Gasteiger partial charge < -0.3 is 5.73 Å². The third kappa shape index (κ3) is 2.88. The Morgan fingerprint density at radius 3 is 2.53 bits per heavy atom. The number of benzene rings is 1. The van der Waals surface area contributed by atoms with E-state index >= 15 is 0 Å². The van der Waals surface area contributed by atoms with Crippen LogP contribution in [0.25, 0.3) is 5.69 Å². The zero-order valence-electron chi connectivity index (χ0n) is 10.0. The number of aromatic nitrogens is 2. The topological polar surface area (TPSA) is 43.8 Å². The smallest absolute Gasteiger partial charge is 0.127 e. The van der Waals surface area contributed by atoms with E-state index < -0.39 is 0 Å². The maximum Gasteiger partial charge on any atom is 0.127 e. The van der Waals surface area contributed by atoms with Crippen LogP contribution in [0.2, 0.25) is 0 Å². The van der Waals surface area contributed by atoms with Crippen molar-refractivity contribution in [2.24, 2.45) is 5.92 Å². The third-order valence-corrected chi connectivity index (χ3v) is 3.00. The van der Waals surface area contributed by atoms with Crippen molar-refractivity contribution < 1.29 is 0 Å². The standard InChI is InChI=1S/C13H16BrN3/c1-9(2)7-11-8-13(15)17(16-11)12-5-3-10(14)4-6-12/h3-6,8-9H,7,15H2,1-2H3. The van der Waals surface area contributed by atoms with Crippen LogP contribution in [0, 0.1) is 5.92 Å². The molecule has 1 aromatic heterocycles. The van der Waals surface area contributed by atoms with Gasteiger partial charge in [-0.25, -0.2) is 4.68 Å². The van der Waals surface area contributed by atoms with Gasteiger partial charge >= 0.3 is 0 Å². The van der Waals surface area contributed by atoms with Crippen LogP contribution in [0.15, 0.2) is 34.8 Å². The molecule has 0 saturated heterocycles. The monoisotopic (exact) mass is 293 g/mol. The summed E-state index contributed by atoms with van der Waals surface area (Å²) in [5.74, 6) is 1.27. The number of halogens is 1. The fourth-order valence-corrected chi connectivity index (χ4v) is 2.02. The summed E-state index contributed by atoms with van der Waals surface area (Å²) in [6.45, 7) is 4.35. The molecule has 1 aromatic carbocycles. The maximum absolute atomic E-state index is 5.98. The van der Waals surface area contributed by atoms with E-state index in [1.165, 1.54) is 0 Å². The van der Waals surface area contributed by atoms with Gasteiger partial charge in [0.1, 0.15) is 5.82 Å². The highest BCUT2D eigenvalue weighted by molar-refractivity contribution is 9.10. The van der Waals surface area contributed by atoms with Gasteiger partial charge in [-0.1, -0.05) is 29.8 Å². The fraction of sp³-hybridized carbons (Fsp3) is 0.308. The number of anilines is 1. The van der Waals surface area contributed by atoms with E-state index in [0.717, 1.165) is 22.3 Å². The summed E-state index contributed by atoms with van der Waals surface area (Å²) in [6.07, 6.45) is 0.952. The zero-order chi connectivity index (χ0) is 12.4. The van der Waals surface area contributed by atoms with E-state index in [-0.39, 0.29) is 0 Å². The Morgan fingerprint density at radius 1 is 1.29 bits per heavy atom.